The van der Waals surface area contributed by atoms with Crippen LogP contribution in [0.1, 0.15) is 6.92 Å². The van der Waals surface area contributed by atoms with Gasteiger partial charge in [-0.3, -0.25) is 4.90 Å². The van der Waals surface area contributed by atoms with E-state index in [0.29, 0.717) is 18.2 Å². The number of piperazine rings is 1. The Bertz CT molecular complexity index is 763. The second-order valence-corrected chi connectivity index (χ2v) is 6.63. The Hall–Kier alpha value is -3.58. The molecule has 14 heteroatoms. The molecule has 1 saturated heterocycles. The van der Waals surface area contributed by atoms with Crippen molar-refractivity contribution in [3.8, 4) is 5.75 Å². The van der Waals surface area contributed by atoms with E-state index >= 15 is 0 Å². The lowest BCUT2D eigenvalue weighted by atomic mass is 10.3. The maximum atomic E-state index is 11.6. The highest BCUT2D eigenvalue weighted by Gasteiger charge is 2.24. The maximum Gasteiger partial charge on any atom is 0.414 e. The highest BCUT2D eigenvalue weighted by atomic mass is 35.5. The number of amides is 1. The van der Waals surface area contributed by atoms with Crippen molar-refractivity contribution in [1.29, 1.82) is 0 Å². The standard InChI is InChI=1S/C15H21ClN2O3.2C2H2O4/c1-2-20-15(19)18-8-6-17(7-9-18)10-11-21-14-5-3-4-13(16)12-14;2*3-1(4)2(5)6/h3-5,12H,2,6-11H2,1H3;2*(H,3,4)(H,5,6). The molecule has 0 aliphatic carbocycles. The fraction of sp³-hybridized carbons (Fsp3) is 0.421. The van der Waals surface area contributed by atoms with Crippen molar-refractivity contribution in [2.45, 2.75) is 6.92 Å². The van der Waals surface area contributed by atoms with Gasteiger partial charge in [-0.25, -0.2) is 19.2 Å². The minimum atomic E-state index is -2.07. The Morgan fingerprint density at radius 3 is 2.03 bits per heavy atom. The predicted molar refractivity (Wildman–Crippen MR) is 109 cm³/mol. The second-order valence-electron chi connectivity index (χ2n) is 6.19. The van der Waals surface area contributed by atoms with E-state index in [2.05, 4.69) is 0 Å². The summed E-state index contributed by atoms with van der Waals surface area (Å²) >= 11 is 5.91. The van der Waals surface area contributed by atoms with Crippen molar-refractivity contribution < 1.29 is 58.8 Å². The lowest BCUT2D eigenvalue weighted by Gasteiger charge is -2.31. The van der Waals surface area contributed by atoms with Crippen LogP contribution in [0.2, 0.25) is 5.02 Å². The number of carboxylic acid groups (broad SMARTS) is 4. The molecular formula is C19H25ClN2O11. The third kappa shape index (κ3) is 14.2. The Kier molecular flexibility index (Phi) is 14.4. The summed E-state index contributed by atoms with van der Waals surface area (Å²) in [6, 6.07) is 7.42. The van der Waals surface area contributed by atoms with Crippen LogP contribution in [0.25, 0.3) is 0 Å². The fourth-order valence-electron chi connectivity index (χ4n) is 2.34. The van der Waals surface area contributed by atoms with E-state index in [-0.39, 0.29) is 6.09 Å². The topological polar surface area (TPSA) is 195 Å². The van der Waals surface area contributed by atoms with Crippen LogP contribution in [0, 0.1) is 0 Å². The number of carboxylic acids is 4. The molecule has 0 saturated carbocycles. The van der Waals surface area contributed by atoms with E-state index in [1.54, 1.807) is 4.90 Å². The molecule has 0 radical (unpaired) electrons. The Morgan fingerprint density at radius 2 is 1.61 bits per heavy atom. The van der Waals surface area contributed by atoms with Gasteiger partial charge in [-0.05, 0) is 25.1 Å². The summed E-state index contributed by atoms with van der Waals surface area (Å²) in [6.07, 6.45) is -0.202. The first-order valence-electron chi connectivity index (χ1n) is 9.52. The molecule has 184 valence electrons. The molecule has 1 fully saturated rings. The van der Waals surface area contributed by atoms with Gasteiger partial charge in [0, 0.05) is 5.02 Å². The molecule has 13 nitrogen and oxygen atoms in total. The number of carbonyl (C=O) groups excluding carboxylic acids is 2. The zero-order valence-corrected chi connectivity index (χ0v) is 18.4. The summed E-state index contributed by atoms with van der Waals surface area (Å²) < 4.78 is 10.7. The van der Waals surface area contributed by atoms with Gasteiger partial charge in [0.25, 0.3) is 0 Å². The molecule has 33 heavy (non-hydrogen) atoms. The molecule has 1 aromatic rings. The molecule has 1 heterocycles. The number of halogens is 1. The molecule has 0 spiro atoms. The Balaban J connectivity index is 0.000000705. The van der Waals surface area contributed by atoms with Crippen molar-refractivity contribution in [3.63, 3.8) is 0 Å². The van der Waals surface area contributed by atoms with Gasteiger partial charge in [-0.1, -0.05) is 17.7 Å². The number of aliphatic carboxylic acids is 4. The molecule has 1 aromatic carbocycles. The van der Waals surface area contributed by atoms with Gasteiger partial charge in [0.2, 0.25) is 0 Å². The van der Waals surface area contributed by atoms with E-state index < -0.39 is 23.9 Å². The summed E-state index contributed by atoms with van der Waals surface area (Å²) in [4.78, 5) is 51.0. The number of rotatable bonds is 5. The van der Waals surface area contributed by atoms with Gasteiger partial charge in [-0.2, -0.15) is 0 Å². The third-order valence-corrected chi connectivity index (χ3v) is 4.11. The lowest BCUT2D eigenvalue weighted by molar-refractivity contribution is -0.904. The average molecular weight is 493 g/mol. The molecule has 0 unspecified atom stereocenters. The molecule has 1 aliphatic heterocycles. The summed E-state index contributed by atoms with van der Waals surface area (Å²) in [5, 5.41) is 31.8. The number of nitrogens with zero attached hydrogens (tertiary/aromatic N) is 1. The molecule has 0 bridgehead atoms. The number of benzene rings is 1. The zero-order valence-electron chi connectivity index (χ0n) is 17.7. The normalized spacial score (nSPS) is 12.7. The highest BCUT2D eigenvalue weighted by molar-refractivity contribution is 6.30. The smallest absolute Gasteiger partial charge is 0.414 e. The number of ether oxygens (including phenoxy) is 2. The first-order valence-corrected chi connectivity index (χ1v) is 9.89. The van der Waals surface area contributed by atoms with Crippen molar-refractivity contribution in [2.75, 3.05) is 45.9 Å². The largest absolute Gasteiger partial charge is 0.539 e. The van der Waals surface area contributed by atoms with Gasteiger partial charge in [0.05, 0.1) is 32.8 Å². The maximum absolute atomic E-state index is 11.6. The van der Waals surface area contributed by atoms with Crippen LogP contribution in [0.3, 0.4) is 0 Å². The third-order valence-electron chi connectivity index (χ3n) is 3.87. The van der Waals surface area contributed by atoms with Gasteiger partial charge in [-0.15, -0.1) is 0 Å². The van der Waals surface area contributed by atoms with E-state index in [4.69, 9.17) is 60.7 Å². The van der Waals surface area contributed by atoms with Crippen LogP contribution in [-0.2, 0) is 23.9 Å². The summed E-state index contributed by atoms with van der Waals surface area (Å²) in [5.41, 5.74) is 0. The minimum absolute atomic E-state index is 0.202. The quantitative estimate of drug-likeness (QED) is 0.333. The van der Waals surface area contributed by atoms with Gasteiger partial charge in [0.15, 0.2) is 5.97 Å². The highest BCUT2D eigenvalue weighted by Crippen LogP contribution is 2.16. The first-order chi connectivity index (χ1) is 15.5. The van der Waals surface area contributed by atoms with Crippen molar-refractivity contribution in [2.24, 2.45) is 0 Å². The summed E-state index contributed by atoms with van der Waals surface area (Å²) in [7, 11) is 0. The fourth-order valence-corrected chi connectivity index (χ4v) is 2.52. The summed E-state index contributed by atoms with van der Waals surface area (Å²) in [5.74, 6) is -6.86. The SMILES string of the molecule is CCOC(=O)N1CC[NH+](CCOc2cccc(Cl)c2)CC1.O=C(O)C(=O)O.O=C([O-])C(=O)O. The first kappa shape index (κ1) is 29.4. The van der Waals surface area contributed by atoms with Crippen LogP contribution in [0.15, 0.2) is 24.3 Å². The summed E-state index contributed by atoms with van der Waals surface area (Å²) in [6.45, 7) is 7.16. The van der Waals surface area contributed by atoms with Gasteiger partial charge < -0.3 is 39.6 Å². The molecule has 0 aromatic heterocycles. The van der Waals surface area contributed by atoms with E-state index in [0.717, 1.165) is 38.5 Å². The van der Waals surface area contributed by atoms with Crippen LogP contribution in [0.5, 0.6) is 5.75 Å². The molecule has 1 aliphatic rings. The van der Waals surface area contributed by atoms with E-state index in [1.807, 2.05) is 31.2 Å². The van der Waals surface area contributed by atoms with Crippen molar-refractivity contribution >= 4 is 41.6 Å². The number of hydrogen-bond acceptors (Lipinski definition) is 8. The number of hydrogen-bond donors (Lipinski definition) is 4. The minimum Gasteiger partial charge on any atom is -0.539 e. The number of nitrogens with one attached hydrogen (secondary N) is 1. The average Bonchev–Trinajstić information content (AvgIpc) is 2.75. The monoisotopic (exact) mass is 492 g/mol. The van der Waals surface area contributed by atoms with Crippen LogP contribution in [-0.4, -0.2) is 96.1 Å². The molecule has 0 atom stereocenters. The van der Waals surface area contributed by atoms with E-state index in [9.17, 15) is 4.79 Å². The van der Waals surface area contributed by atoms with Crippen LogP contribution < -0.4 is 14.7 Å². The Morgan fingerprint density at radius 1 is 1.06 bits per heavy atom. The molecule has 2 rings (SSSR count). The second kappa shape index (κ2) is 16.1. The van der Waals surface area contributed by atoms with Crippen molar-refractivity contribution in [3.05, 3.63) is 29.3 Å². The zero-order chi connectivity index (χ0) is 25.4. The van der Waals surface area contributed by atoms with Crippen LogP contribution in [0.4, 0.5) is 4.79 Å². The predicted octanol–water partition coefficient (Wildman–Crippen LogP) is -1.95. The van der Waals surface area contributed by atoms with Crippen molar-refractivity contribution in [1.82, 2.24) is 4.90 Å². The number of carbonyl (C=O) groups is 5. The van der Waals surface area contributed by atoms with Gasteiger partial charge in [0.1, 0.15) is 18.9 Å². The molecule has 1 amide bonds. The molecular weight excluding hydrogens is 468 g/mol. The van der Waals surface area contributed by atoms with Gasteiger partial charge >= 0.3 is 24.0 Å². The Labute approximate surface area is 193 Å². The molecule has 4 N–H and O–H groups in total. The van der Waals surface area contributed by atoms with E-state index in [1.165, 1.54) is 4.90 Å². The lowest BCUT2D eigenvalue weighted by Crippen LogP contribution is -3.15. The number of quaternary nitrogens is 1. The van der Waals surface area contributed by atoms with Crippen LogP contribution >= 0.6 is 11.6 Å².